The molecule has 0 spiro atoms. The van der Waals surface area contributed by atoms with Gasteiger partial charge in [0.05, 0.1) is 73.5 Å². The standard InChI is InChI=1S/C47H73NO15/c1-28-18-16-14-12-10-8-6-7-9-11-13-15-17-19-36(62-46-45(58)42(48)44(57)32(5)61-46)25-40-30(3)38(53)26-47(59,63-40)27-39(54)37(52)21-20-33(49)22-34(50)23-35(51)24-41(55)60-31(4)29(2)43(28)56/h6-19,28-33,35-40,42-46,49,51-54,56-59H,20-27,48H2,1-5H3/b7-6+,10-8+,11-9+,14-12+,15-13+,18-16+,19-17+/t28-,29-,30+,31-,32?,33+,35+,36-,37+,38-,39+,40?,42?,43+,44?,45?,46?,47-/m0/s1. The van der Waals surface area contributed by atoms with E-state index in [1.54, 1.807) is 64.2 Å². The molecule has 16 nitrogen and oxygen atoms in total. The Labute approximate surface area is 371 Å². The van der Waals surface area contributed by atoms with Crippen LogP contribution < -0.4 is 5.73 Å². The molecule has 3 aliphatic heterocycles. The van der Waals surface area contributed by atoms with Crippen molar-refractivity contribution in [2.24, 2.45) is 23.5 Å². The highest BCUT2D eigenvalue weighted by atomic mass is 16.7. The molecule has 0 aromatic carbocycles. The molecule has 3 heterocycles. The molecule has 0 aromatic heterocycles. The first-order valence-corrected chi connectivity index (χ1v) is 22.0. The SMILES string of the molecule is CC1OC(O[C@H]2/C=C/C=C/C=C/C=C/C=C/C=C/C=C/[C@H](C)[C@@H](O)[C@@H](C)[C@H](C)OC(=O)C[C@H](O)CC(=O)C[C@H](O)CC[C@@H](O)[C@H](O)C[C@]3(O)C[C@H](O)[C@@H](C)C(C2)O3)C(O)C(N)C1O. The summed E-state index contributed by atoms with van der Waals surface area (Å²) in [5, 5.41) is 97.3. The molecular weight excluding hydrogens is 819 g/mol. The lowest BCUT2D eigenvalue weighted by molar-refractivity contribution is -0.310. The van der Waals surface area contributed by atoms with Crippen molar-refractivity contribution in [2.45, 2.75) is 177 Å². The Morgan fingerprint density at radius 2 is 1.16 bits per heavy atom. The van der Waals surface area contributed by atoms with Crippen LogP contribution in [0.4, 0.5) is 0 Å². The second-order valence-corrected chi connectivity index (χ2v) is 17.4. The lowest BCUT2D eigenvalue weighted by Crippen LogP contribution is -2.61. The van der Waals surface area contributed by atoms with Crippen LogP contribution in [0.5, 0.6) is 0 Å². The van der Waals surface area contributed by atoms with Gasteiger partial charge in [-0.15, -0.1) is 0 Å². The van der Waals surface area contributed by atoms with Crippen LogP contribution in [0.1, 0.15) is 86.0 Å². The Morgan fingerprint density at radius 1 is 0.619 bits per heavy atom. The van der Waals surface area contributed by atoms with Crippen LogP contribution in [-0.2, 0) is 28.5 Å². The number of carbonyl (C=O) groups excluding carboxylic acids is 2. The molecule has 18 atom stereocenters. The van der Waals surface area contributed by atoms with Crippen LogP contribution in [0.15, 0.2) is 85.1 Å². The Kier molecular flexibility index (Phi) is 22.9. The first-order valence-electron chi connectivity index (χ1n) is 22.0. The molecule has 11 N–H and O–H groups in total. The number of aliphatic hydroxyl groups is 9. The normalized spacial score (nSPS) is 45.5. The predicted molar refractivity (Wildman–Crippen MR) is 234 cm³/mol. The third-order valence-corrected chi connectivity index (χ3v) is 12.0. The molecule has 356 valence electrons. The van der Waals surface area contributed by atoms with Gasteiger partial charge in [0.25, 0.3) is 0 Å². The Hall–Kier alpha value is -3.20. The summed E-state index contributed by atoms with van der Waals surface area (Å²) in [6.07, 6.45) is 8.29. The lowest BCUT2D eigenvalue weighted by atomic mass is 9.83. The van der Waals surface area contributed by atoms with E-state index < -0.39 is 134 Å². The minimum absolute atomic E-state index is 0.0346. The molecule has 0 aliphatic carbocycles. The lowest BCUT2D eigenvalue weighted by Gasteiger charge is -2.46. The van der Waals surface area contributed by atoms with Gasteiger partial charge in [-0.05, 0) is 26.7 Å². The Balaban J connectivity index is 1.81. The molecule has 63 heavy (non-hydrogen) atoms. The summed E-state index contributed by atoms with van der Waals surface area (Å²) in [5.41, 5.74) is 6.05. The van der Waals surface area contributed by atoms with E-state index in [2.05, 4.69) is 0 Å². The minimum Gasteiger partial charge on any atom is -0.462 e. The molecule has 2 fully saturated rings. The van der Waals surface area contributed by atoms with Crippen LogP contribution >= 0.6 is 0 Å². The Morgan fingerprint density at radius 3 is 1.76 bits per heavy atom. The molecule has 0 aromatic rings. The molecule has 6 unspecified atom stereocenters. The fourth-order valence-electron chi connectivity index (χ4n) is 7.65. The summed E-state index contributed by atoms with van der Waals surface area (Å²) < 4.78 is 23.5. The van der Waals surface area contributed by atoms with Crippen LogP contribution in [0.25, 0.3) is 0 Å². The summed E-state index contributed by atoms with van der Waals surface area (Å²) in [6.45, 7) is 8.54. The van der Waals surface area contributed by atoms with E-state index in [1.165, 1.54) is 0 Å². The number of aliphatic hydroxyl groups excluding tert-OH is 8. The van der Waals surface area contributed by atoms with E-state index in [9.17, 15) is 55.5 Å². The zero-order valence-corrected chi connectivity index (χ0v) is 37.1. The number of rotatable bonds is 2. The van der Waals surface area contributed by atoms with Gasteiger partial charge in [-0.1, -0.05) is 106 Å². The Bertz CT molecular complexity index is 1610. The number of Topliss-reactive ketones (excluding diaryl/α,β-unsaturated/α-hetero) is 1. The number of ketones is 1. The topological polar surface area (TPSA) is 279 Å². The van der Waals surface area contributed by atoms with E-state index in [-0.39, 0.29) is 38.0 Å². The van der Waals surface area contributed by atoms with Crippen molar-refractivity contribution >= 4 is 11.8 Å². The van der Waals surface area contributed by atoms with E-state index in [1.807, 2.05) is 55.5 Å². The first kappa shape index (κ1) is 54.1. The molecule has 2 bridgehead atoms. The van der Waals surface area contributed by atoms with Crippen molar-refractivity contribution in [3.05, 3.63) is 85.1 Å². The minimum atomic E-state index is -2.09. The summed E-state index contributed by atoms with van der Waals surface area (Å²) >= 11 is 0. The molecule has 0 radical (unpaired) electrons. The average molecular weight is 892 g/mol. The number of hydrogen-bond acceptors (Lipinski definition) is 16. The van der Waals surface area contributed by atoms with Gasteiger partial charge < -0.3 is 70.6 Å². The number of fused-ring (bicyclic) bond motifs is 2. The molecule has 16 heteroatoms. The van der Waals surface area contributed by atoms with Crippen LogP contribution in [-0.4, -0.2) is 149 Å². The van der Waals surface area contributed by atoms with Crippen LogP contribution in [0.3, 0.4) is 0 Å². The van der Waals surface area contributed by atoms with E-state index >= 15 is 0 Å². The van der Waals surface area contributed by atoms with Crippen molar-refractivity contribution in [3.8, 4) is 0 Å². The number of esters is 1. The zero-order valence-electron chi connectivity index (χ0n) is 37.1. The van der Waals surface area contributed by atoms with Gasteiger partial charge >= 0.3 is 5.97 Å². The van der Waals surface area contributed by atoms with Gasteiger partial charge in [-0.3, -0.25) is 9.59 Å². The fourth-order valence-corrected chi connectivity index (χ4v) is 7.65. The fraction of sp³-hybridized carbons (Fsp3) is 0.660. The number of hydrogen-bond donors (Lipinski definition) is 10. The molecule has 3 aliphatic rings. The molecule has 0 saturated carbocycles. The van der Waals surface area contributed by atoms with Crippen LogP contribution in [0, 0.1) is 17.8 Å². The van der Waals surface area contributed by atoms with E-state index in [4.69, 9.17) is 24.7 Å². The monoisotopic (exact) mass is 891 g/mol. The number of cyclic esters (lactones) is 1. The second kappa shape index (κ2) is 26.7. The number of nitrogens with two attached hydrogens (primary N) is 1. The molecular formula is C47H73NO15. The van der Waals surface area contributed by atoms with Crippen molar-refractivity contribution in [1.82, 2.24) is 0 Å². The van der Waals surface area contributed by atoms with E-state index in [0.29, 0.717) is 0 Å². The van der Waals surface area contributed by atoms with Crippen molar-refractivity contribution in [2.75, 3.05) is 0 Å². The van der Waals surface area contributed by atoms with Crippen molar-refractivity contribution in [1.29, 1.82) is 0 Å². The molecule has 0 amide bonds. The van der Waals surface area contributed by atoms with Crippen molar-refractivity contribution < 1.29 is 74.5 Å². The van der Waals surface area contributed by atoms with E-state index in [0.717, 1.165) is 0 Å². The van der Waals surface area contributed by atoms with Crippen molar-refractivity contribution in [3.63, 3.8) is 0 Å². The van der Waals surface area contributed by atoms with Gasteiger partial charge in [0.15, 0.2) is 12.1 Å². The van der Waals surface area contributed by atoms with Gasteiger partial charge in [-0.2, -0.15) is 0 Å². The highest BCUT2D eigenvalue weighted by molar-refractivity contribution is 5.80. The first-order chi connectivity index (χ1) is 29.7. The van der Waals surface area contributed by atoms with Gasteiger partial charge in [0, 0.05) is 49.9 Å². The van der Waals surface area contributed by atoms with Gasteiger partial charge in [0.1, 0.15) is 18.0 Å². The average Bonchev–Trinajstić information content (AvgIpc) is 3.21. The largest absolute Gasteiger partial charge is 0.462 e. The molecule has 2 saturated heterocycles. The smallest absolute Gasteiger partial charge is 0.308 e. The van der Waals surface area contributed by atoms with Crippen LogP contribution in [0.2, 0.25) is 0 Å². The summed E-state index contributed by atoms with van der Waals surface area (Å²) in [5.74, 6) is -4.64. The maximum absolute atomic E-state index is 12.6. The number of carbonyl (C=O) groups is 2. The quantitative estimate of drug-likeness (QED) is 0.177. The summed E-state index contributed by atoms with van der Waals surface area (Å²) in [4.78, 5) is 25.2. The maximum atomic E-state index is 12.6. The highest BCUT2D eigenvalue weighted by Gasteiger charge is 2.47. The second-order valence-electron chi connectivity index (χ2n) is 17.4. The summed E-state index contributed by atoms with van der Waals surface area (Å²) in [7, 11) is 0. The predicted octanol–water partition coefficient (Wildman–Crippen LogP) is 1.86. The third kappa shape index (κ3) is 18.3. The maximum Gasteiger partial charge on any atom is 0.308 e. The number of allylic oxidation sites excluding steroid dienone is 12. The number of ether oxygens (including phenoxy) is 4. The third-order valence-electron chi connectivity index (χ3n) is 12.0. The zero-order chi connectivity index (χ0) is 46.9. The van der Waals surface area contributed by atoms with Gasteiger partial charge in [0.2, 0.25) is 0 Å². The highest BCUT2D eigenvalue weighted by Crippen LogP contribution is 2.37. The van der Waals surface area contributed by atoms with Gasteiger partial charge in [-0.25, -0.2) is 0 Å². The summed E-state index contributed by atoms with van der Waals surface area (Å²) in [6, 6.07) is -1.05. The molecule has 3 rings (SSSR count).